The zero-order chi connectivity index (χ0) is 92.2. The number of hydrogen-bond acceptors (Lipinski definition) is 40. The molecule has 24 atom stereocenters. The number of imidazole rings is 1. The van der Waals surface area contributed by atoms with Crippen molar-refractivity contribution in [2.24, 2.45) is 46.2 Å². The fourth-order valence-electron chi connectivity index (χ4n) is 15.0. The number of aromatic nitrogens is 6. The molecule has 48 nitrogen and oxygen atoms in total. The van der Waals surface area contributed by atoms with Crippen LogP contribution in [0.5, 0.6) is 0 Å². The van der Waals surface area contributed by atoms with Gasteiger partial charge in [-0.3, -0.25) is 43.2 Å². The lowest BCUT2D eigenvalue weighted by atomic mass is 9.82. The summed E-state index contributed by atoms with van der Waals surface area (Å²) in [5.74, 6) is -10.1. The lowest BCUT2D eigenvalue weighted by Crippen LogP contribution is -2.65. The second-order valence-electron chi connectivity index (χ2n) is 30.7. The topological polar surface area (TPSA) is 786 Å². The van der Waals surface area contributed by atoms with Crippen LogP contribution in [0, 0.1) is 18.8 Å². The number of fused-ring (bicyclic) bond motifs is 4. The van der Waals surface area contributed by atoms with Crippen LogP contribution in [0.4, 0.5) is 15.4 Å². The maximum absolute atomic E-state index is 15.2. The van der Waals surface area contributed by atoms with Crippen molar-refractivity contribution in [1.82, 2.24) is 77.3 Å². The van der Waals surface area contributed by atoms with Crippen LogP contribution in [0.2, 0.25) is 0 Å². The van der Waals surface area contributed by atoms with Gasteiger partial charge >= 0.3 is 12.2 Å². The number of thiazole rings is 2. The molecule has 0 saturated carbocycles. The lowest BCUT2D eigenvalue weighted by molar-refractivity contribution is -0.372. The smallest absolute Gasteiger partial charge is 0.404 e. The Hall–Kier alpha value is -10.9. The van der Waals surface area contributed by atoms with E-state index in [2.05, 4.69) is 79.4 Å². The Morgan fingerprint density at radius 2 is 1.45 bits per heavy atom. The summed E-state index contributed by atoms with van der Waals surface area (Å²) < 4.78 is 39.5. The molecule has 4 fully saturated rings. The first-order valence-electron chi connectivity index (χ1n) is 39.8. The van der Waals surface area contributed by atoms with Crippen molar-refractivity contribution in [3.05, 3.63) is 115 Å². The summed E-state index contributed by atoms with van der Waals surface area (Å²) in [6.45, 7) is 7.72. The van der Waals surface area contributed by atoms with Crippen molar-refractivity contribution in [1.29, 1.82) is 0 Å². The van der Waals surface area contributed by atoms with Crippen molar-refractivity contribution in [3.8, 4) is 10.7 Å². The number of nitrogens with two attached hydrogens (primary N) is 7. The van der Waals surface area contributed by atoms with Crippen molar-refractivity contribution in [3.63, 3.8) is 0 Å². The molecule has 0 spiro atoms. The van der Waals surface area contributed by atoms with Gasteiger partial charge in [-0.25, -0.2) is 34.5 Å². The number of carbonyl (C=O) groups excluding carboxylic acids is 11. The third kappa shape index (κ3) is 22.2. The van der Waals surface area contributed by atoms with E-state index >= 15 is 4.79 Å². The molecule has 1 aromatic carbocycles. The number of methoxy groups -OCH3 is 1. The number of piperazine rings is 1. The number of hydrogen-bond donors (Lipinski definition) is 24. The predicted molar refractivity (Wildman–Crippen MR) is 438 cm³/mol. The van der Waals surface area contributed by atoms with E-state index in [1.54, 1.807) is 10.8 Å². The van der Waals surface area contributed by atoms with Crippen LogP contribution in [0.3, 0.4) is 0 Å². The van der Waals surface area contributed by atoms with Crippen LogP contribution < -0.4 is 82.7 Å². The summed E-state index contributed by atoms with van der Waals surface area (Å²) in [6, 6.07) is 2.37. The van der Waals surface area contributed by atoms with Gasteiger partial charge in [-0.15, -0.1) is 22.7 Å². The molecule has 5 aliphatic heterocycles. The molecule has 9 unspecified atom stereocenters. The highest BCUT2D eigenvalue weighted by Crippen LogP contribution is 2.56. The Morgan fingerprint density at radius 3 is 2.10 bits per heavy atom. The van der Waals surface area contributed by atoms with Gasteiger partial charge in [0.2, 0.25) is 41.1 Å². The van der Waals surface area contributed by atoms with Crippen molar-refractivity contribution >= 4 is 93.6 Å². The van der Waals surface area contributed by atoms with E-state index in [9.17, 15) is 88.8 Å². The number of nitrogens with zero attached hydrogens (tertiary/aromatic N) is 6. The van der Waals surface area contributed by atoms with Gasteiger partial charge in [-0.1, -0.05) is 37.3 Å². The van der Waals surface area contributed by atoms with E-state index < -0.39 is 206 Å². The van der Waals surface area contributed by atoms with Gasteiger partial charge in [0, 0.05) is 85.7 Å². The summed E-state index contributed by atoms with van der Waals surface area (Å²) >= 11 is 2.50. The number of H-pyrrole nitrogens is 1. The first-order chi connectivity index (χ1) is 59.8. The number of nitrogen functional groups attached to an aromatic ring is 1. The Bertz CT molecular complexity index is 4820. The standard InChI is InChI=1S/C61H88N18O21S2.C15H18N4O5/c1-24-39(76-52(79-50(24)64)31(16-37(63)83)71-17-30(62)51(65)89)56(93)78-41(47(32-18-67-23-72-32)98-60-49(45(87)43(85)35(19-80)97-60)99-59-46(88)48(100-61(66)95)44(86)36(20-81)96-59)57(94)73-27(4)42(84)25(2)53(90)77-40(28(5)82)55(92)70-15-12-38-74-34(22-101-38)58-75-33(21-102-58)54(91)69-14-9-13-68-26(3)29-10-7-6-8-11-29;1-5-9(16)12(21)8-6(4-24-14(17)22)15(23-2)13-7(18-13)3-19(15)10(8)11(5)20/h6-8,10-11,18,21-23,25-28,30-31,35-36,40-49,59-60,68,71,80-82,84-88H,9,12-17,19-20,62H2,1-5H3,(H2,63,83)(H2,65,89)(H2,66,95)(H,67,72)(H,69,91)(H,70,92)(H,73,94)(H,77,90)(H,78,93)(H2,64,76,79);6-7,13,18H,3-4,16H2,1-2H3,(H2,17,22)/t25?,26-,27?,28?,30?,31?,35-,36+,40?,41?,42?,43+,44+,45-,46-,47?,48-,49-,59+,60-;6-,7+,13+,15-/m01/s1. The summed E-state index contributed by atoms with van der Waals surface area (Å²) in [5, 5.41) is 115. The number of ether oxygens (including phenoxy) is 7. The van der Waals surface area contributed by atoms with Gasteiger partial charge in [0.1, 0.15) is 101 Å². The minimum atomic E-state index is -2.20. The third-order valence-corrected chi connectivity index (χ3v) is 23.9. The van der Waals surface area contributed by atoms with Crippen LogP contribution >= 0.6 is 22.7 Å². The second kappa shape index (κ2) is 42.6. The van der Waals surface area contributed by atoms with Crippen LogP contribution in [0.15, 0.2) is 76.2 Å². The molecule has 0 radical (unpaired) electrons. The van der Waals surface area contributed by atoms with E-state index in [0.717, 1.165) is 18.1 Å². The fraction of sp³-hybridized carbons (Fsp3) is 0.553. The molecule has 4 aromatic heterocycles. The first-order valence-corrected chi connectivity index (χ1v) is 41.6. The molecular weight excluding hydrogens is 1700 g/mol. The number of benzene rings is 1. The monoisotopic (exact) mass is 1810 g/mol. The summed E-state index contributed by atoms with van der Waals surface area (Å²) in [5.41, 5.74) is 39.9. The van der Waals surface area contributed by atoms with E-state index in [1.165, 1.54) is 64.4 Å². The van der Waals surface area contributed by atoms with E-state index in [1.807, 2.05) is 35.2 Å². The number of allylic oxidation sites excluding steroid dienone is 2. The summed E-state index contributed by atoms with van der Waals surface area (Å²) in [7, 11) is 1.52. The van der Waals surface area contributed by atoms with Gasteiger partial charge in [0.05, 0.1) is 96.0 Å². The minimum Gasteiger partial charge on any atom is -0.449 e. The molecule has 5 aromatic rings. The normalized spacial score (nSPS) is 26.0. The quantitative estimate of drug-likeness (QED) is 0.00984. The number of aliphatic hydroxyl groups is 8. The molecule has 9 heterocycles. The molecule has 50 heteroatoms. The highest BCUT2D eigenvalue weighted by Gasteiger charge is 2.73. The number of ketones is 2. The zero-order valence-electron chi connectivity index (χ0n) is 69.2. The number of Topliss-reactive ketones (excluding diaryl/α,β-unsaturated/α-hetero) is 2. The Kier molecular flexibility index (Phi) is 32.9. The maximum Gasteiger partial charge on any atom is 0.404 e. The molecular formula is C76H106N22O26S2. The Morgan fingerprint density at radius 1 is 0.754 bits per heavy atom. The molecule has 9 amide bonds. The lowest BCUT2D eigenvalue weighted by Gasteiger charge is -2.47. The highest BCUT2D eigenvalue weighted by atomic mass is 32.1. The number of primary amides is 4. The van der Waals surface area contributed by atoms with E-state index in [-0.39, 0.29) is 101 Å². The van der Waals surface area contributed by atoms with Gasteiger partial charge in [-0.05, 0) is 53.1 Å². The number of carbonyl (C=O) groups is 11. The van der Waals surface area contributed by atoms with Gasteiger partial charge < -0.3 is 167 Å². The Labute approximate surface area is 726 Å². The fourth-order valence-corrected chi connectivity index (χ4v) is 16.6. The van der Waals surface area contributed by atoms with Gasteiger partial charge in [0.25, 0.3) is 11.8 Å². The highest BCUT2D eigenvalue weighted by molar-refractivity contribution is 7.14. The largest absolute Gasteiger partial charge is 0.449 e. The van der Waals surface area contributed by atoms with Crippen molar-refractivity contribution in [2.45, 2.75) is 195 Å². The Balaban J connectivity index is 0.000000585. The molecule has 6 aliphatic rings. The van der Waals surface area contributed by atoms with E-state index in [0.29, 0.717) is 47.5 Å². The van der Waals surface area contributed by atoms with Gasteiger partial charge in [-0.2, -0.15) is 0 Å². The number of aromatic amines is 1. The molecule has 1 aliphatic carbocycles. The minimum absolute atomic E-state index is 0.0169. The molecule has 31 N–H and O–H groups in total. The van der Waals surface area contributed by atoms with Gasteiger partial charge in [0.15, 0.2) is 24.4 Å². The molecule has 4 saturated heterocycles. The van der Waals surface area contributed by atoms with Crippen LogP contribution in [-0.2, 0) is 73.1 Å². The molecule has 126 heavy (non-hydrogen) atoms. The number of amides is 9. The molecule has 688 valence electrons. The first kappa shape index (κ1) is 97.3. The summed E-state index contributed by atoms with van der Waals surface area (Å²) in [6.07, 6.45) is -25.4. The predicted octanol–water partition coefficient (Wildman–Crippen LogP) is -7.88. The average Bonchev–Trinajstić information content (AvgIpc) is 1.50. The summed E-state index contributed by atoms with van der Waals surface area (Å²) in [4.78, 5) is 170. The van der Waals surface area contributed by atoms with Crippen molar-refractivity contribution < 1.29 is 127 Å². The number of anilines is 1. The van der Waals surface area contributed by atoms with E-state index in [4.69, 9.17) is 73.3 Å². The maximum atomic E-state index is 15.2. The van der Waals surface area contributed by atoms with Crippen LogP contribution in [0.1, 0.15) is 114 Å². The molecule has 11 rings (SSSR count). The van der Waals surface area contributed by atoms with Crippen LogP contribution in [-0.4, -0.2) is 316 Å². The van der Waals surface area contributed by atoms with Crippen molar-refractivity contribution in [2.75, 3.05) is 65.4 Å². The second-order valence-corrected chi connectivity index (χ2v) is 32.5. The zero-order valence-corrected chi connectivity index (χ0v) is 70.9. The molecule has 0 bridgehead atoms. The number of aliphatic hydroxyl groups excluding tert-OH is 8. The van der Waals surface area contributed by atoms with Crippen LogP contribution in [0.25, 0.3) is 10.7 Å². The third-order valence-electron chi connectivity index (χ3n) is 22.1. The number of rotatable bonds is 40. The average molecular weight is 1810 g/mol. The number of nitrogens with one attached hydrogen (secondary N) is 9. The SMILES string of the molecule is CO[C@@]12[C@H](COC(N)=O)C3=C(C(=O)C(C)=C(N)C3=O)N1C[C@@H]1N[C@@H]12.Cc1c(N)nc(C(CC(N)=O)NCC(N)C(N)=O)nc1C(=O)NC(C(=O)NC(C)C(O)C(C)C(=O)NC(C(=O)NCCc1nc(-c2nc(C(=O)NCCCN[C@@H](C)c3ccccc3)cs2)cs1)C(C)O)C(O[C@@H]1O[C@@H](CO)[C@@H](O)[C@H](O)[C@@H]1O[C@H]1O[C@H](CO)[C@@H](O)[C@H](OC(N)=O)[C@@H]1O)c1cnc[nH]1.